The smallest absolute Gasteiger partial charge is 0.331 e. The summed E-state index contributed by atoms with van der Waals surface area (Å²) < 4.78 is 0. The third kappa shape index (κ3) is 3.26. The Hall–Kier alpha value is -2.68. The third-order valence-electron chi connectivity index (χ3n) is 3.48. The summed E-state index contributed by atoms with van der Waals surface area (Å²) >= 11 is 0. The number of Topliss-reactive ketones (excluding diaryl/α,β-unsaturated/α-hetero) is 1. The van der Waals surface area contributed by atoms with Crippen LogP contribution in [0.3, 0.4) is 0 Å². The summed E-state index contributed by atoms with van der Waals surface area (Å²) in [7, 11) is 0. The number of hydrogen-bond donors (Lipinski definition) is 1. The number of benzene rings is 2. The molecule has 0 radical (unpaired) electrons. The zero-order valence-corrected chi connectivity index (χ0v) is 12.0. The average molecular weight is 280 g/mol. The van der Waals surface area contributed by atoms with Crippen molar-refractivity contribution in [1.29, 1.82) is 0 Å². The van der Waals surface area contributed by atoms with Crippen LogP contribution in [0.4, 0.5) is 0 Å². The van der Waals surface area contributed by atoms with Crippen molar-refractivity contribution in [3.8, 4) is 11.1 Å². The van der Waals surface area contributed by atoms with E-state index < -0.39 is 5.97 Å². The monoisotopic (exact) mass is 280 g/mol. The molecule has 21 heavy (non-hydrogen) atoms. The molecule has 0 heterocycles. The van der Waals surface area contributed by atoms with Crippen LogP contribution < -0.4 is 0 Å². The highest BCUT2D eigenvalue weighted by Crippen LogP contribution is 2.20. The first-order chi connectivity index (χ1) is 10.0. The van der Waals surface area contributed by atoms with Crippen LogP contribution in [-0.4, -0.2) is 16.9 Å². The Morgan fingerprint density at radius 2 is 1.29 bits per heavy atom. The minimum Gasteiger partial charge on any atom is -0.478 e. The number of carbonyl (C=O) groups excluding carboxylic acids is 1. The lowest BCUT2D eigenvalue weighted by molar-refractivity contribution is -0.132. The maximum atomic E-state index is 12.2. The number of rotatable bonds is 4. The Morgan fingerprint density at radius 1 is 0.762 bits per heavy atom. The molecule has 0 aliphatic rings. The largest absolute Gasteiger partial charge is 0.478 e. The fraction of sp³-hybridized carbons (Fsp3) is 0.111. The van der Waals surface area contributed by atoms with Crippen molar-refractivity contribution in [3.05, 3.63) is 71.3 Å². The van der Waals surface area contributed by atoms with E-state index in [0.29, 0.717) is 5.56 Å². The molecule has 3 heteroatoms. The SMILES string of the molecule is C/C(C(=O)O)=C(/C)C(=O)c1ccc(-c2ccccc2)cc1. The van der Waals surface area contributed by atoms with E-state index in [1.807, 2.05) is 42.5 Å². The molecule has 1 N–H and O–H groups in total. The molecular weight excluding hydrogens is 264 g/mol. The zero-order valence-electron chi connectivity index (χ0n) is 12.0. The van der Waals surface area contributed by atoms with Crippen LogP contribution in [0.1, 0.15) is 24.2 Å². The molecular formula is C18H16O3. The quantitative estimate of drug-likeness (QED) is 0.681. The molecule has 106 valence electrons. The maximum absolute atomic E-state index is 12.2. The average Bonchev–Trinajstić information content (AvgIpc) is 2.53. The predicted molar refractivity (Wildman–Crippen MR) is 82.2 cm³/mol. The van der Waals surface area contributed by atoms with Crippen molar-refractivity contribution in [1.82, 2.24) is 0 Å². The van der Waals surface area contributed by atoms with Crippen molar-refractivity contribution in [3.63, 3.8) is 0 Å². The van der Waals surface area contributed by atoms with Gasteiger partial charge in [0.15, 0.2) is 5.78 Å². The van der Waals surface area contributed by atoms with Crippen LogP contribution in [0.25, 0.3) is 11.1 Å². The summed E-state index contributed by atoms with van der Waals surface area (Å²) in [6.45, 7) is 2.98. The molecule has 0 aromatic heterocycles. The molecule has 3 nitrogen and oxygen atoms in total. The van der Waals surface area contributed by atoms with Gasteiger partial charge in [-0.25, -0.2) is 4.79 Å². The Bertz CT molecular complexity index is 695. The number of aliphatic carboxylic acids is 1. The van der Waals surface area contributed by atoms with Gasteiger partial charge in [0.25, 0.3) is 0 Å². The summed E-state index contributed by atoms with van der Waals surface area (Å²) in [5.41, 5.74) is 2.92. The Kier molecular flexibility index (Phi) is 4.33. The van der Waals surface area contributed by atoms with E-state index in [0.717, 1.165) is 11.1 Å². The van der Waals surface area contributed by atoms with Crippen molar-refractivity contribution in [2.45, 2.75) is 13.8 Å². The van der Waals surface area contributed by atoms with Crippen molar-refractivity contribution in [2.75, 3.05) is 0 Å². The molecule has 0 bridgehead atoms. The summed E-state index contributed by atoms with van der Waals surface area (Å²) in [5, 5.41) is 8.93. The second-order valence-corrected chi connectivity index (χ2v) is 4.83. The lowest BCUT2D eigenvalue weighted by Crippen LogP contribution is -2.08. The molecule has 2 aromatic carbocycles. The first-order valence-electron chi connectivity index (χ1n) is 6.61. The van der Waals surface area contributed by atoms with Crippen molar-refractivity contribution < 1.29 is 14.7 Å². The number of ketones is 1. The van der Waals surface area contributed by atoms with E-state index in [9.17, 15) is 9.59 Å². The second-order valence-electron chi connectivity index (χ2n) is 4.83. The van der Waals surface area contributed by atoms with Gasteiger partial charge < -0.3 is 5.11 Å². The number of allylic oxidation sites excluding steroid dienone is 1. The van der Waals surface area contributed by atoms with Gasteiger partial charge >= 0.3 is 5.97 Å². The van der Waals surface area contributed by atoms with Gasteiger partial charge in [-0.1, -0.05) is 54.6 Å². The lowest BCUT2D eigenvalue weighted by atomic mass is 9.98. The number of carboxylic acid groups (broad SMARTS) is 1. The highest BCUT2D eigenvalue weighted by atomic mass is 16.4. The van der Waals surface area contributed by atoms with Gasteiger partial charge in [-0.15, -0.1) is 0 Å². The Morgan fingerprint density at radius 3 is 1.81 bits per heavy atom. The van der Waals surface area contributed by atoms with Gasteiger partial charge in [0.05, 0.1) is 0 Å². The van der Waals surface area contributed by atoms with Crippen LogP contribution in [0.15, 0.2) is 65.7 Å². The van der Waals surface area contributed by atoms with E-state index in [-0.39, 0.29) is 16.9 Å². The standard InChI is InChI=1S/C18H16O3/c1-12(13(2)18(20)21)17(19)16-10-8-15(9-11-16)14-6-4-3-5-7-14/h3-11H,1-2H3,(H,20,21)/b13-12+. The van der Waals surface area contributed by atoms with Gasteiger partial charge in [-0.3, -0.25) is 4.79 Å². The van der Waals surface area contributed by atoms with Crippen LogP contribution in [0.5, 0.6) is 0 Å². The van der Waals surface area contributed by atoms with E-state index in [1.165, 1.54) is 13.8 Å². The van der Waals surface area contributed by atoms with Crippen molar-refractivity contribution >= 4 is 11.8 Å². The molecule has 0 spiro atoms. The number of carboxylic acids is 1. The number of hydrogen-bond acceptors (Lipinski definition) is 2. The van der Waals surface area contributed by atoms with Crippen LogP contribution in [-0.2, 0) is 4.79 Å². The van der Waals surface area contributed by atoms with Gasteiger partial charge in [0, 0.05) is 16.7 Å². The topological polar surface area (TPSA) is 54.4 Å². The third-order valence-corrected chi connectivity index (χ3v) is 3.48. The lowest BCUT2D eigenvalue weighted by Gasteiger charge is -2.06. The molecule has 0 aliphatic heterocycles. The summed E-state index contributed by atoms with van der Waals surface area (Å²) in [6, 6.07) is 17.0. The molecule has 0 saturated heterocycles. The van der Waals surface area contributed by atoms with Crippen LogP contribution in [0, 0.1) is 0 Å². The highest BCUT2D eigenvalue weighted by molar-refractivity contribution is 6.12. The minimum atomic E-state index is -1.07. The molecule has 0 unspecified atom stereocenters. The first kappa shape index (κ1) is 14.7. The fourth-order valence-electron chi connectivity index (χ4n) is 1.99. The van der Waals surface area contributed by atoms with Crippen LogP contribution in [0.2, 0.25) is 0 Å². The molecule has 0 saturated carbocycles. The van der Waals surface area contributed by atoms with E-state index in [1.54, 1.807) is 12.1 Å². The van der Waals surface area contributed by atoms with Gasteiger partial charge in [0.1, 0.15) is 0 Å². The molecule has 0 atom stereocenters. The normalized spacial score (nSPS) is 11.7. The fourth-order valence-corrected chi connectivity index (χ4v) is 1.99. The first-order valence-corrected chi connectivity index (χ1v) is 6.61. The summed E-state index contributed by atoms with van der Waals surface area (Å²) in [4.78, 5) is 23.1. The second kappa shape index (κ2) is 6.18. The van der Waals surface area contributed by atoms with Crippen molar-refractivity contribution in [2.24, 2.45) is 0 Å². The Balaban J connectivity index is 2.30. The van der Waals surface area contributed by atoms with Gasteiger partial charge in [-0.05, 0) is 25.0 Å². The molecule has 2 aromatic rings. The highest BCUT2D eigenvalue weighted by Gasteiger charge is 2.14. The molecule has 0 fully saturated rings. The summed E-state index contributed by atoms with van der Waals surface area (Å²) in [6.07, 6.45) is 0. The summed E-state index contributed by atoms with van der Waals surface area (Å²) in [5.74, 6) is -1.32. The zero-order chi connectivity index (χ0) is 15.4. The minimum absolute atomic E-state index is 0.0761. The Labute approximate surface area is 123 Å². The predicted octanol–water partition coefficient (Wildman–Crippen LogP) is 3.96. The van der Waals surface area contributed by atoms with Gasteiger partial charge in [-0.2, -0.15) is 0 Å². The molecule has 0 amide bonds. The van der Waals surface area contributed by atoms with E-state index >= 15 is 0 Å². The van der Waals surface area contributed by atoms with E-state index in [4.69, 9.17) is 5.11 Å². The molecule has 0 aliphatic carbocycles. The van der Waals surface area contributed by atoms with E-state index in [2.05, 4.69) is 0 Å². The number of carbonyl (C=O) groups is 2. The van der Waals surface area contributed by atoms with Crippen LogP contribution >= 0.6 is 0 Å². The maximum Gasteiger partial charge on any atom is 0.331 e. The molecule has 2 rings (SSSR count). The van der Waals surface area contributed by atoms with Gasteiger partial charge in [0.2, 0.25) is 0 Å².